The zero-order chi connectivity index (χ0) is 43.5. The van der Waals surface area contributed by atoms with E-state index in [0.717, 1.165) is 10.9 Å². The highest BCUT2D eigenvalue weighted by molar-refractivity contribution is 15.0. The predicted octanol–water partition coefficient (Wildman–Crippen LogP) is 7.65. The van der Waals surface area contributed by atoms with Crippen molar-refractivity contribution in [2.24, 2.45) is 0 Å². The lowest BCUT2D eigenvalue weighted by Crippen LogP contribution is -2.20. The third-order valence-electron chi connectivity index (χ3n) is 8.27. The largest absolute Gasteiger partial charge is 0.493 e. The summed E-state index contributed by atoms with van der Waals surface area (Å²) in [6.07, 6.45) is 6.67. The van der Waals surface area contributed by atoms with Gasteiger partial charge in [-0.2, -0.15) is 10.5 Å². The smallest absolute Gasteiger partial charge is 0.278 e. The fourth-order valence-electron chi connectivity index (χ4n) is 5.52. The topological polar surface area (TPSA) is 220 Å². The fourth-order valence-corrected chi connectivity index (χ4v) is 5.93. The van der Waals surface area contributed by atoms with Gasteiger partial charge < -0.3 is 19.5 Å². The first-order valence-corrected chi connectivity index (χ1v) is 23.7. The first-order valence-electron chi connectivity index (χ1n) is 16.7. The normalized spacial score (nSPS) is 9.98. The Kier molecular flexibility index (Phi) is 17.5. The molecule has 0 unspecified atom stereocenters. The Balaban J connectivity index is 0.000000205. The molecule has 0 bridgehead atoms. The summed E-state index contributed by atoms with van der Waals surface area (Å²) in [7, 11) is 4.43. The van der Waals surface area contributed by atoms with Gasteiger partial charge in [0, 0.05) is 73.1 Å². The molecule has 0 aliphatic carbocycles. The first kappa shape index (κ1) is 48.0. The van der Waals surface area contributed by atoms with Crippen LogP contribution < -0.4 is 36.2 Å². The van der Waals surface area contributed by atoms with Crippen molar-refractivity contribution in [3.05, 3.63) is 150 Å². The van der Waals surface area contributed by atoms with E-state index in [0.29, 0.717) is 40.5 Å². The van der Waals surface area contributed by atoms with Gasteiger partial charge in [0.2, 0.25) is 0 Å². The highest BCUT2D eigenvalue weighted by Crippen LogP contribution is 2.24. The SMILES string of the molecule is COc1cccn2c(=O)c(C#N)c(Cl)nc12.COc1cccn2c(=O)c(C#N)c(Nc3ccc4ncccc4c3)nc12.COc1cccn2c(=O)c(C=O)c(Cl)nc12.I.II. The van der Waals surface area contributed by atoms with Crippen LogP contribution in [-0.2, 0) is 0 Å². The number of ether oxygens (including phenoxy) is 3. The van der Waals surface area contributed by atoms with Crippen molar-refractivity contribution >= 4 is 130 Å². The molecule has 0 saturated heterocycles. The number of anilines is 2. The van der Waals surface area contributed by atoms with Crippen LogP contribution in [0.2, 0.25) is 10.3 Å². The van der Waals surface area contributed by atoms with Crippen LogP contribution in [-0.4, -0.2) is 60.8 Å². The lowest BCUT2D eigenvalue weighted by Gasteiger charge is -2.11. The number of nitriles is 2. The molecule has 7 aromatic heterocycles. The summed E-state index contributed by atoms with van der Waals surface area (Å²) in [6.45, 7) is 0. The summed E-state index contributed by atoms with van der Waals surface area (Å²) in [5.74, 6) is 1.47. The molecule has 22 heteroatoms. The number of nitrogens with zero attached hydrogens (tertiary/aromatic N) is 9. The molecule has 0 spiro atoms. The Morgan fingerprint density at radius 2 is 1.18 bits per heavy atom. The molecule has 0 atom stereocenters. The average molecular weight is 1200 g/mol. The molecule has 0 fully saturated rings. The number of aldehydes is 1. The van der Waals surface area contributed by atoms with Gasteiger partial charge in [-0.1, -0.05) is 29.3 Å². The molecule has 8 rings (SSSR count). The van der Waals surface area contributed by atoms with E-state index in [1.165, 1.54) is 46.9 Å². The molecule has 1 N–H and O–H groups in total. The zero-order valence-corrected chi connectivity index (χ0v) is 39.7. The molecule has 0 amide bonds. The highest BCUT2D eigenvalue weighted by Gasteiger charge is 2.16. The van der Waals surface area contributed by atoms with Crippen LogP contribution in [0.3, 0.4) is 0 Å². The summed E-state index contributed by atoms with van der Waals surface area (Å²) < 4.78 is 19.1. The number of benzene rings is 1. The predicted molar refractivity (Wildman–Crippen MR) is 257 cm³/mol. The van der Waals surface area contributed by atoms with Crippen LogP contribution in [0.1, 0.15) is 21.5 Å². The van der Waals surface area contributed by atoms with Gasteiger partial charge >= 0.3 is 0 Å². The second-order valence-electron chi connectivity index (χ2n) is 11.5. The Hall–Kier alpha value is -5.67. The highest BCUT2D eigenvalue weighted by atomic mass is 128. The quantitative estimate of drug-likeness (QED) is 0.0961. The number of hydrogen-bond donors (Lipinski definition) is 1. The second kappa shape index (κ2) is 22.3. The Morgan fingerprint density at radius 3 is 1.69 bits per heavy atom. The third-order valence-corrected chi connectivity index (χ3v) is 8.83. The molecular formula is C39H27Cl2I3N10O7. The summed E-state index contributed by atoms with van der Waals surface area (Å²) in [4.78, 5) is 63.6. The van der Waals surface area contributed by atoms with Crippen LogP contribution in [0, 0.1) is 22.7 Å². The summed E-state index contributed by atoms with van der Waals surface area (Å²) in [5, 5.41) is 22.0. The molecule has 0 saturated carbocycles. The lowest BCUT2D eigenvalue weighted by atomic mass is 10.2. The molecular weight excluding hydrogens is 1170 g/mol. The molecule has 1 aromatic carbocycles. The van der Waals surface area contributed by atoms with Gasteiger partial charge in [-0.25, -0.2) is 15.0 Å². The first-order chi connectivity index (χ1) is 29.1. The number of carbonyl (C=O) groups is 1. The van der Waals surface area contributed by atoms with Crippen LogP contribution in [0.25, 0.3) is 27.8 Å². The van der Waals surface area contributed by atoms with Crippen LogP contribution in [0.4, 0.5) is 11.5 Å². The van der Waals surface area contributed by atoms with Crippen molar-refractivity contribution in [2.45, 2.75) is 0 Å². The number of aromatic nitrogens is 7. The Labute approximate surface area is 394 Å². The minimum absolute atomic E-state index is 0. The number of halogens is 5. The van der Waals surface area contributed by atoms with Crippen LogP contribution in [0.5, 0.6) is 17.2 Å². The van der Waals surface area contributed by atoms with Crippen molar-refractivity contribution < 1.29 is 19.0 Å². The van der Waals surface area contributed by atoms with Gasteiger partial charge in [-0.05, 0) is 60.7 Å². The molecule has 7 heterocycles. The van der Waals surface area contributed by atoms with Gasteiger partial charge in [0.1, 0.15) is 22.9 Å². The number of nitrogens with one attached hydrogen (secondary N) is 1. The molecule has 0 aliphatic heterocycles. The van der Waals surface area contributed by atoms with Crippen molar-refractivity contribution in [2.75, 3.05) is 26.6 Å². The number of methoxy groups -OCH3 is 3. The number of fused-ring (bicyclic) bond motifs is 4. The zero-order valence-electron chi connectivity index (χ0n) is 31.5. The number of hydrogen-bond acceptors (Lipinski definition) is 14. The second-order valence-corrected chi connectivity index (χ2v) is 12.2. The third kappa shape index (κ3) is 10.3. The maximum Gasteiger partial charge on any atom is 0.278 e. The van der Waals surface area contributed by atoms with Gasteiger partial charge in [0.15, 0.2) is 62.6 Å². The van der Waals surface area contributed by atoms with E-state index in [9.17, 15) is 24.4 Å². The van der Waals surface area contributed by atoms with Crippen molar-refractivity contribution in [3.63, 3.8) is 0 Å². The van der Waals surface area contributed by atoms with E-state index < -0.39 is 16.7 Å². The van der Waals surface area contributed by atoms with Gasteiger partial charge in [-0.3, -0.25) is 37.4 Å². The van der Waals surface area contributed by atoms with Gasteiger partial charge in [0.05, 0.1) is 26.8 Å². The van der Waals surface area contributed by atoms with Crippen LogP contribution >= 0.6 is 84.4 Å². The van der Waals surface area contributed by atoms with Gasteiger partial charge in [-0.15, -0.1) is 24.0 Å². The van der Waals surface area contributed by atoms with E-state index in [1.807, 2.05) is 36.4 Å². The number of carbonyl (C=O) groups excluding carboxylic acids is 1. The van der Waals surface area contributed by atoms with Crippen LogP contribution in [0.15, 0.2) is 106 Å². The average Bonchev–Trinajstić information content (AvgIpc) is 3.27. The number of rotatable bonds is 6. The van der Waals surface area contributed by atoms with Gasteiger partial charge in [0.25, 0.3) is 16.7 Å². The summed E-state index contributed by atoms with van der Waals surface area (Å²) in [6, 6.07) is 22.9. The minimum atomic E-state index is -0.510. The number of pyridine rings is 4. The lowest BCUT2D eigenvalue weighted by molar-refractivity contribution is 0.112. The fraction of sp³-hybridized carbons (Fsp3) is 0.0769. The molecule has 310 valence electrons. The molecule has 0 aliphatic rings. The summed E-state index contributed by atoms with van der Waals surface area (Å²) >= 11 is 15.7. The minimum Gasteiger partial charge on any atom is -0.493 e. The van der Waals surface area contributed by atoms with E-state index in [2.05, 4.69) is 62.5 Å². The van der Waals surface area contributed by atoms with E-state index in [4.69, 9.17) is 42.7 Å². The molecule has 17 nitrogen and oxygen atoms in total. The van der Waals surface area contributed by atoms with Crippen molar-refractivity contribution in [3.8, 4) is 29.4 Å². The standard InChI is InChI=1S/C19H13N5O2.C10H6ClN3O2.C10H7ClN2O3.I2.HI/c1-26-16-5-3-9-24-18(16)23-17(14(11-20)19(24)25)22-13-6-7-15-12(10-13)4-2-8-21-15;1-16-7-3-2-4-14-9(7)13-8(11)6(5-12)10(14)15;1-16-7-3-2-4-13-9(7)12-8(11)6(5-14)10(13)15;1-2;/h2-10,22H,1H3;2-4H,1H3;2-5H,1H3;;1H. The van der Waals surface area contributed by atoms with E-state index in [-0.39, 0.29) is 62.4 Å². The monoisotopic (exact) mass is 1200 g/mol. The van der Waals surface area contributed by atoms with Crippen molar-refractivity contribution in [1.29, 1.82) is 10.5 Å². The maximum absolute atomic E-state index is 12.6. The molecule has 8 aromatic rings. The Morgan fingerprint density at radius 1 is 0.689 bits per heavy atom. The van der Waals surface area contributed by atoms with E-state index >= 15 is 0 Å². The molecule has 61 heavy (non-hydrogen) atoms. The molecule has 0 radical (unpaired) electrons. The van der Waals surface area contributed by atoms with E-state index in [1.54, 1.807) is 54.9 Å². The summed E-state index contributed by atoms with van der Waals surface area (Å²) in [5.41, 5.74) is 0.594. The maximum atomic E-state index is 12.6. The van der Waals surface area contributed by atoms with Crippen molar-refractivity contribution in [1.82, 2.24) is 33.1 Å². The Bertz CT molecular complexity index is 3190.